The van der Waals surface area contributed by atoms with Crippen molar-refractivity contribution in [1.29, 1.82) is 0 Å². The Balaban J connectivity index is 1.71. The number of thiazole rings is 1. The van der Waals surface area contributed by atoms with E-state index in [4.69, 9.17) is 16.6 Å². The van der Waals surface area contributed by atoms with E-state index in [0.29, 0.717) is 0 Å². The Bertz CT molecular complexity index is 1230. The molecule has 4 aromatic heterocycles. The number of fused-ring (bicyclic) bond motifs is 1. The third kappa shape index (κ3) is 3.04. The third-order valence-corrected chi connectivity index (χ3v) is 6.47. The van der Waals surface area contributed by atoms with Crippen LogP contribution in [0.2, 0.25) is 5.02 Å². The van der Waals surface area contributed by atoms with Crippen LogP contribution < -0.4 is 0 Å². The Morgan fingerprint density at radius 2 is 1.67 bits per heavy atom. The summed E-state index contributed by atoms with van der Waals surface area (Å²) in [4.78, 5) is 15.9. The van der Waals surface area contributed by atoms with Gasteiger partial charge in [0, 0.05) is 33.7 Å². The molecule has 0 spiro atoms. The number of hydrogen-bond donors (Lipinski definition) is 0. The van der Waals surface area contributed by atoms with Crippen LogP contribution in [-0.4, -0.2) is 15.0 Å². The van der Waals surface area contributed by atoms with E-state index in [0.717, 1.165) is 47.6 Å². The zero-order valence-electron chi connectivity index (χ0n) is 14.0. The lowest BCUT2D eigenvalue weighted by molar-refractivity contribution is 1.30. The molecule has 0 unspecified atom stereocenters. The summed E-state index contributed by atoms with van der Waals surface area (Å²) in [6.45, 7) is 0. The molecule has 0 N–H and O–H groups in total. The van der Waals surface area contributed by atoms with Crippen LogP contribution in [0.4, 0.5) is 0 Å². The predicted octanol–water partition coefficient (Wildman–Crippen LogP) is 6.80. The molecule has 0 aliphatic carbocycles. The Morgan fingerprint density at radius 1 is 0.815 bits per heavy atom. The van der Waals surface area contributed by atoms with E-state index in [1.165, 1.54) is 0 Å². The van der Waals surface area contributed by atoms with Gasteiger partial charge in [-0.1, -0.05) is 29.8 Å². The molecule has 27 heavy (non-hydrogen) atoms. The van der Waals surface area contributed by atoms with Gasteiger partial charge in [0.25, 0.3) is 0 Å². The first-order valence-electron chi connectivity index (χ1n) is 8.30. The van der Waals surface area contributed by atoms with Crippen LogP contribution >= 0.6 is 34.3 Å². The number of thiophene rings is 1. The van der Waals surface area contributed by atoms with Gasteiger partial charge in [0.2, 0.25) is 0 Å². The summed E-state index contributed by atoms with van der Waals surface area (Å²) in [6, 6.07) is 17.9. The van der Waals surface area contributed by atoms with Crippen LogP contribution in [0, 0.1) is 0 Å². The monoisotopic (exact) mass is 405 g/mol. The van der Waals surface area contributed by atoms with Gasteiger partial charge in [0.15, 0.2) is 0 Å². The quantitative estimate of drug-likeness (QED) is 0.331. The fraction of sp³-hybridized carbons (Fsp3) is 0. The van der Waals surface area contributed by atoms with Gasteiger partial charge < -0.3 is 0 Å². The van der Waals surface area contributed by atoms with Crippen molar-refractivity contribution >= 4 is 44.5 Å². The number of rotatable bonds is 3. The molecular weight excluding hydrogens is 394 g/mol. The maximum atomic E-state index is 6.09. The van der Waals surface area contributed by atoms with Crippen LogP contribution in [0.3, 0.4) is 0 Å². The maximum Gasteiger partial charge on any atom is 0.142 e. The van der Waals surface area contributed by atoms with Crippen LogP contribution in [0.15, 0.2) is 72.4 Å². The summed E-state index contributed by atoms with van der Waals surface area (Å²) in [5.41, 5.74) is 4.10. The SMILES string of the molecule is Clc1ccc(-c2c(-c3csc(-c4ccccn4)n3)sc3ncccc23)cc1. The van der Waals surface area contributed by atoms with E-state index >= 15 is 0 Å². The molecule has 0 amide bonds. The zero-order valence-corrected chi connectivity index (χ0v) is 16.4. The molecule has 4 heterocycles. The smallest absolute Gasteiger partial charge is 0.142 e. The normalized spacial score (nSPS) is 11.1. The highest BCUT2D eigenvalue weighted by molar-refractivity contribution is 7.23. The molecular formula is C21H12ClN3S2. The molecule has 0 radical (unpaired) electrons. The van der Waals surface area contributed by atoms with Crippen LogP contribution in [0.1, 0.15) is 0 Å². The van der Waals surface area contributed by atoms with Gasteiger partial charge in [-0.2, -0.15) is 0 Å². The van der Waals surface area contributed by atoms with Crippen molar-refractivity contribution in [3.63, 3.8) is 0 Å². The minimum absolute atomic E-state index is 0.726. The van der Waals surface area contributed by atoms with Crippen molar-refractivity contribution in [3.05, 3.63) is 77.4 Å². The lowest BCUT2D eigenvalue weighted by atomic mass is 10.0. The van der Waals surface area contributed by atoms with E-state index in [1.54, 1.807) is 28.9 Å². The Hall–Kier alpha value is -2.60. The molecule has 3 nitrogen and oxygen atoms in total. The largest absolute Gasteiger partial charge is 0.254 e. The van der Waals surface area contributed by atoms with Gasteiger partial charge in [-0.25, -0.2) is 9.97 Å². The van der Waals surface area contributed by atoms with Crippen molar-refractivity contribution in [2.24, 2.45) is 0 Å². The molecule has 0 aliphatic heterocycles. The second-order valence-corrected chi connectivity index (χ2v) is 8.22. The lowest BCUT2D eigenvalue weighted by Crippen LogP contribution is -1.83. The predicted molar refractivity (Wildman–Crippen MR) is 114 cm³/mol. The Morgan fingerprint density at radius 3 is 2.48 bits per heavy atom. The van der Waals surface area contributed by atoms with Gasteiger partial charge in [0.05, 0.1) is 16.3 Å². The van der Waals surface area contributed by atoms with Crippen LogP contribution in [0.5, 0.6) is 0 Å². The first-order valence-corrected chi connectivity index (χ1v) is 10.4. The molecule has 1 aromatic carbocycles. The number of benzene rings is 1. The van der Waals surface area contributed by atoms with Crippen LogP contribution in [0.25, 0.3) is 42.6 Å². The maximum absolute atomic E-state index is 6.09. The second kappa shape index (κ2) is 6.85. The highest BCUT2D eigenvalue weighted by atomic mass is 35.5. The third-order valence-electron chi connectivity index (χ3n) is 4.22. The van der Waals surface area contributed by atoms with Crippen molar-refractivity contribution < 1.29 is 0 Å². The highest BCUT2D eigenvalue weighted by Crippen LogP contribution is 2.44. The van der Waals surface area contributed by atoms with Gasteiger partial charge in [-0.15, -0.1) is 22.7 Å². The molecule has 6 heteroatoms. The standard InChI is InChI=1S/C21H12ClN3S2/c22-14-8-6-13(7-9-14)18-15-4-3-11-24-20(15)27-19(18)17-12-26-21(25-17)16-5-1-2-10-23-16/h1-12H. The van der Waals surface area contributed by atoms with E-state index < -0.39 is 0 Å². The Kier molecular flexibility index (Phi) is 4.20. The molecule has 0 bridgehead atoms. The molecule has 0 saturated heterocycles. The fourth-order valence-electron chi connectivity index (χ4n) is 3.00. The fourth-order valence-corrected chi connectivity index (χ4v) is 5.11. The second-order valence-electron chi connectivity index (χ2n) is 5.92. The summed E-state index contributed by atoms with van der Waals surface area (Å²) in [7, 11) is 0. The number of hydrogen-bond acceptors (Lipinski definition) is 5. The van der Waals surface area contributed by atoms with E-state index in [2.05, 4.69) is 21.4 Å². The number of nitrogens with zero attached hydrogens (tertiary/aromatic N) is 3. The van der Waals surface area contributed by atoms with Gasteiger partial charge >= 0.3 is 0 Å². The number of aromatic nitrogens is 3. The summed E-state index contributed by atoms with van der Waals surface area (Å²) >= 11 is 9.36. The van der Waals surface area contributed by atoms with Gasteiger partial charge in [-0.3, -0.25) is 4.98 Å². The Labute approximate surface area is 169 Å². The van der Waals surface area contributed by atoms with Gasteiger partial charge in [-0.05, 0) is 42.0 Å². The van der Waals surface area contributed by atoms with E-state index in [9.17, 15) is 0 Å². The van der Waals surface area contributed by atoms with E-state index in [1.807, 2.05) is 54.7 Å². The van der Waals surface area contributed by atoms with Gasteiger partial charge in [0.1, 0.15) is 9.84 Å². The molecule has 5 rings (SSSR count). The topological polar surface area (TPSA) is 38.7 Å². The molecule has 5 aromatic rings. The van der Waals surface area contributed by atoms with Crippen molar-refractivity contribution in [1.82, 2.24) is 15.0 Å². The summed E-state index contributed by atoms with van der Waals surface area (Å²) in [5.74, 6) is 0. The van der Waals surface area contributed by atoms with Crippen molar-refractivity contribution in [3.8, 4) is 32.4 Å². The first-order chi connectivity index (χ1) is 13.3. The molecule has 0 saturated carbocycles. The molecule has 130 valence electrons. The van der Waals surface area contributed by atoms with Crippen LogP contribution in [-0.2, 0) is 0 Å². The average molecular weight is 406 g/mol. The minimum Gasteiger partial charge on any atom is -0.254 e. The number of pyridine rings is 2. The molecule has 0 fully saturated rings. The minimum atomic E-state index is 0.726. The molecule has 0 atom stereocenters. The summed E-state index contributed by atoms with van der Waals surface area (Å²) < 4.78 is 0. The zero-order chi connectivity index (χ0) is 18.2. The highest BCUT2D eigenvalue weighted by Gasteiger charge is 2.19. The molecule has 0 aliphatic rings. The van der Waals surface area contributed by atoms with Crippen molar-refractivity contribution in [2.45, 2.75) is 0 Å². The average Bonchev–Trinajstić information content (AvgIpc) is 3.34. The summed E-state index contributed by atoms with van der Waals surface area (Å²) in [6.07, 6.45) is 3.62. The number of halogens is 1. The lowest BCUT2D eigenvalue weighted by Gasteiger charge is -2.04. The summed E-state index contributed by atoms with van der Waals surface area (Å²) in [5, 5.41) is 4.86. The van der Waals surface area contributed by atoms with E-state index in [-0.39, 0.29) is 0 Å². The van der Waals surface area contributed by atoms with Crippen molar-refractivity contribution in [2.75, 3.05) is 0 Å². The first kappa shape index (κ1) is 16.6.